The first-order chi connectivity index (χ1) is 17.2. The zero-order valence-electron chi connectivity index (χ0n) is 22.4. The number of nitrogens with zero attached hydrogens (tertiary/aromatic N) is 2. The molecule has 0 radical (unpaired) electrons. The number of carbonyl (C=O) groups is 3. The molecule has 1 N–H and O–H groups in total. The number of carbonyl (C=O) groups excluding carboxylic acids is 3. The third kappa shape index (κ3) is 6.77. The second kappa shape index (κ2) is 11.3. The van der Waals surface area contributed by atoms with Gasteiger partial charge in [0.1, 0.15) is 23.8 Å². The summed E-state index contributed by atoms with van der Waals surface area (Å²) in [5.41, 5.74) is -0.627. The molecule has 0 aliphatic carbocycles. The largest absolute Gasteiger partial charge is 0.447 e. The van der Waals surface area contributed by atoms with Crippen LogP contribution in [0.2, 0.25) is 0 Å². The minimum atomic E-state index is -1.43. The number of piperidine rings is 1. The zero-order chi connectivity index (χ0) is 27.7. The van der Waals surface area contributed by atoms with Crippen LogP contribution in [0.5, 0.6) is 0 Å². The van der Waals surface area contributed by atoms with Crippen LogP contribution in [0.1, 0.15) is 66.4 Å². The predicted molar refractivity (Wildman–Crippen MR) is 132 cm³/mol. The second-order valence-electron chi connectivity index (χ2n) is 11.4. The number of likely N-dealkylation sites (tertiary alicyclic amines) is 1. The summed E-state index contributed by atoms with van der Waals surface area (Å²) in [5, 5.41) is 11.7. The Bertz CT molecular complexity index is 991. The monoisotopic (exact) mass is 524 g/mol. The van der Waals surface area contributed by atoms with E-state index < -0.39 is 59.4 Å². The van der Waals surface area contributed by atoms with Gasteiger partial charge in [0, 0.05) is 12.1 Å². The average molecular weight is 525 g/mol. The Morgan fingerprint density at radius 2 is 1.76 bits per heavy atom. The van der Waals surface area contributed by atoms with Crippen LogP contribution in [0, 0.1) is 23.5 Å². The minimum Gasteiger partial charge on any atom is -0.447 e. The molecular weight excluding hydrogens is 486 g/mol. The lowest BCUT2D eigenvalue weighted by atomic mass is 9.83. The van der Waals surface area contributed by atoms with Gasteiger partial charge in [-0.3, -0.25) is 9.69 Å². The number of cyclic esters (lactones) is 1. The predicted octanol–water partition coefficient (Wildman–Crippen LogP) is 4.67. The van der Waals surface area contributed by atoms with Crippen molar-refractivity contribution in [1.29, 1.82) is 0 Å². The van der Waals surface area contributed by atoms with Gasteiger partial charge in [-0.1, -0.05) is 13.8 Å². The van der Waals surface area contributed by atoms with Gasteiger partial charge in [-0.2, -0.15) is 0 Å². The van der Waals surface area contributed by atoms with Crippen molar-refractivity contribution in [3.8, 4) is 0 Å². The van der Waals surface area contributed by atoms with Crippen LogP contribution >= 0.6 is 0 Å². The number of hydrogen-bond acceptors (Lipinski definition) is 6. The van der Waals surface area contributed by atoms with Crippen molar-refractivity contribution in [2.45, 2.75) is 97.1 Å². The maximum Gasteiger partial charge on any atom is 0.416 e. The fraction of sp³-hybridized carbons (Fsp3) is 0.667. The highest BCUT2D eigenvalue weighted by molar-refractivity contribution is 5.95. The van der Waals surface area contributed by atoms with Gasteiger partial charge in [-0.15, -0.1) is 0 Å². The number of amides is 3. The minimum absolute atomic E-state index is 0.0180. The fourth-order valence-electron chi connectivity index (χ4n) is 5.16. The highest BCUT2D eigenvalue weighted by Crippen LogP contribution is 2.33. The number of ether oxygens (including phenoxy) is 2. The summed E-state index contributed by atoms with van der Waals surface area (Å²) in [6, 6.07) is 1.27. The molecule has 0 bridgehead atoms. The third-order valence-corrected chi connectivity index (χ3v) is 6.97. The van der Waals surface area contributed by atoms with Crippen LogP contribution in [0.4, 0.5) is 18.4 Å². The standard InChI is InChI=1S/C27H38F2N2O6/c1-15(2)22-14-36-25(34)31(22)24(33)20(12-17-10-18(28)13-19(29)11-17)23(32)21-9-7-8-16(3)30(21)26(35)37-27(4,5)6/h10-11,13,15-16,20-23,32H,7-9,12,14H2,1-6H3/t16-,20-,21+,22+,23-/m0/s1. The van der Waals surface area contributed by atoms with Crippen molar-refractivity contribution in [3.05, 3.63) is 35.4 Å². The van der Waals surface area contributed by atoms with Gasteiger partial charge < -0.3 is 14.6 Å². The van der Waals surface area contributed by atoms with E-state index in [0.29, 0.717) is 19.3 Å². The summed E-state index contributed by atoms with van der Waals surface area (Å²) in [5.74, 6) is -3.74. The van der Waals surface area contributed by atoms with E-state index in [9.17, 15) is 28.3 Å². The van der Waals surface area contributed by atoms with E-state index in [1.807, 2.05) is 20.8 Å². The molecule has 37 heavy (non-hydrogen) atoms. The molecule has 206 valence electrons. The molecule has 1 aromatic carbocycles. The summed E-state index contributed by atoms with van der Waals surface area (Å²) in [7, 11) is 0. The quantitative estimate of drug-likeness (QED) is 0.581. The van der Waals surface area contributed by atoms with E-state index in [0.717, 1.165) is 23.1 Å². The van der Waals surface area contributed by atoms with E-state index >= 15 is 0 Å². The van der Waals surface area contributed by atoms with Crippen LogP contribution in [-0.2, 0) is 20.7 Å². The first-order valence-corrected chi connectivity index (χ1v) is 12.8. The molecule has 2 aliphatic heterocycles. The van der Waals surface area contributed by atoms with Gasteiger partial charge in [0.25, 0.3) is 0 Å². The summed E-state index contributed by atoms with van der Waals surface area (Å²) < 4.78 is 38.7. The van der Waals surface area contributed by atoms with Crippen molar-refractivity contribution < 1.29 is 37.7 Å². The number of imide groups is 1. The topological polar surface area (TPSA) is 96.4 Å². The van der Waals surface area contributed by atoms with Crippen LogP contribution in [0.3, 0.4) is 0 Å². The van der Waals surface area contributed by atoms with Crippen molar-refractivity contribution in [2.24, 2.45) is 11.8 Å². The Morgan fingerprint density at radius 1 is 1.14 bits per heavy atom. The molecule has 3 rings (SSSR count). The maximum absolute atomic E-state index is 14.0. The molecule has 2 heterocycles. The zero-order valence-corrected chi connectivity index (χ0v) is 22.4. The van der Waals surface area contributed by atoms with Gasteiger partial charge in [-0.25, -0.2) is 23.3 Å². The molecule has 2 fully saturated rings. The number of aliphatic hydroxyl groups is 1. The van der Waals surface area contributed by atoms with Gasteiger partial charge >= 0.3 is 12.2 Å². The molecule has 1 aromatic rings. The van der Waals surface area contributed by atoms with Crippen LogP contribution in [0.15, 0.2) is 18.2 Å². The van der Waals surface area contributed by atoms with Gasteiger partial charge in [0.2, 0.25) is 5.91 Å². The smallest absolute Gasteiger partial charge is 0.416 e. The van der Waals surface area contributed by atoms with E-state index in [2.05, 4.69) is 0 Å². The Morgan fingerprint density at radius 3 is 2.32 bits per heavy atom. The van der Waals surface area contributed by atoms with Gasteiger partial charge in [-0.05, 0) is 77.0 Å². The summed E-state index contributed by atoms with van der Waals surface area (Å²) in [6.07, 6.45) is -1.35. The highest BCUT2D eigenvalue weighted by Gasteiger charge is 2.48. The average Bonchev–Trinajstić information content (AvgIpc) is 3.16. The van der Waals surface area contributed by atoms with Crippen molar-refractivity contribution in [2.75, 3.05) is 6.61 Å². The Balaban J connectivity index is 2.00. The molecule has 2 aliphatic rings. The number of hydrogen-bond donors (Lipinski definition) is 1. The van der Waals surface area contributed by atoms with Crippen molar-refractivity contribution in [3.63, 3.8) is 0 Å². The van der Waals surface area contributed by atoms with Gasteiger partial charge in [0.05, 0.1) is 24.1 Å². The third-order valence-electron chi connectivity index (χ3n) is 6.97. The van der Waals surface area contributed by atoms with Crippen molar-refractivity contribution in [1.82, 2.24) is 9.80 Å². The molecule has 10 heteroatoms. The molecule has 3 amide bonds. The molecule has 0 saturated carbocycles. The van der Waals surface area contributed by atoms with E-state index in [1.54, 1.807) is 20.8 Å². The van der Waals surface area contributed by atoms with E-state index in [-0.39, 0.29) is 30.6 Å². The second-order valence-corrected chi connectivity index (χ2v) is 11.4. The number of halogens is 2. The highest BCUT2D eigenvalue weighted by atomic mass is 19.1. The van der Waals surface area contributed by atoms with E-state index in [4.69, 9.17) is 9.47 Å². The Kier molecular flexibility index (Phi) is 8.82. The molecule has 0 unspecified atom stereocenters. The number of rotatable bonds is 6. The Hall–Kier alpha value is -2.75. The van der Waals surface area contributed by atoms with E-state index in [1.165, 1.54) is 4.90 Å². The number of benzene rings is 1. The SMILES string of the molecule is CC(C)[C@H]1COC(=O)N1C(=O)[C@@H](Cc1cc(F)cc(F)c1)[C@H](O)[C@H]1CCC[C@H](C)N1C(=O)OC(C)(C)C. The van der Waals surface area contributed by atoms with Crippen molar-refractivity contribution >= 4 is 18.1 Å². The summed E-state index contributed by atoms with van der Waals surface area (Å²) in [6.45, 7) is 10.8. The molecule has 5 atom stereocenters. The summed E-state index contributed by atoms with van der Waals surface area (Å²) >= 11 is 0. The maximum atomic E-state index is 14.0. The lowest BCUT2D eigenvalue weighted by molar-refractivity contribution is -0.141. The lowest BCUT2D eigenvalue weighted by Crippen LogP contribution is -2.59. The fourth-order valence-corrected chi connectivity index (χ4v) is 5.16. The lowest BCUT2D eigenvalue weighted by Gasteiger charge is -2.44. The first-order valence-electron chi connectivity index (χ1n) is 12.8. The van der Waals surface area contributed by atoms with Gasteiger partial charge in [0.15, 0.2) is 0 Å². The summed E-state index contributed by atoms with van der Waals surface area (Å²) in [4.78, 5) is 42.0. The first kappa shape index (κ1) is 28.8. The number of aliphatic hydroxyl groups excluding tert-OH is 1. The molecule has 2 saturated heterocycles. The molecule has 0 spiro atoms. The molecular formula is C27H38F2N2O6. The normalized spacial score (nSPS) is 24.2. The van der Waals surface area contributed by atoms with Crippen LogP contribution < -0.4 is 0 Å². The molecule has 0 aromatic heterocycles. The Labute approximate surface area is 216 Å². The molecule has 8 nitrogen and oxygen atoms in total. The van der Waals surface area contributed by atoms with Crippen LogP contribution in [0.25, 0.3) is 0 Å². The van der Waals surface area contributed by atoms with Crippen LogP contribution in [-0.4, -0.2) is 69.4 Å².